The molecule has 1 heterocycles. The molecule has 0 aliphatic rings. The van der Waals surface area contributed by atoms with E-state index in [2.05, 4.69) is 20.5 Å². The van der Waals surface area contributed by atoms with Gasteiger partial charge < -0.3 is 10.1 Å². The third-order valence-electron chi connectivity index (χ3n) is 3.44. The van der Waals surface area contributed by atoms with Crippen molar-refractivity contribution in [2.45, 2.75) is 18.7 Å². The summed E-state index contributed by atoms with van der Waals surface area (Å²) < 4.78 is 5.64. The van der Waals surface area contributed by atoms with E-state index in [1.165, 1.54) is 11.8 Å². The number of ether oxygens (including phenoxy) is 1. The Balaban J connectivity index is 1.48. The third-order valence-corrected chi connectivity index (χ3v) is 4.85. The van der Waals surface area contributed by atoms with Gasteiger partial charge in [0.1, 0.15) is 12.4 Å². The van der Waals surface area contributed by atoms with E-state index < -0.39 is 0 Å². The highest BCUT2D eigenvalue weighted by Crippen LogP contribution is 2.25. The average Bonchev–Trinajstić information content (AvgIpc) is 3.10. The Morgan fingerprint density at radius 2 is 2.00 bits per heavy atom. The fraction of sp³-hybridized carbons (Fsp3) is 0.167. The molecule has 2 aromatic carbocycles. The van der Waals surface area contributed by atoms with E-state index in [0.29, 0.717) is 26.7 Å². The monoisotopic (exact) mass is 422 g/mol. The number of H-pyrrole nitrogens is 1. The van der Waals surface area contributed by atoms with Crippen molar-refractivity contribution in [2.75, 3.05) is 11.1 Å². The maximum absolute atomic E-state index is 12.1. The molecule has 27 heavy (non-hydrogen) atoms. The van der Waals surface area contributed by atoms with Gasteiger partial charge in [0.2, 0.25) is 11.1 Å². The van der Waals surface area contributed by atoms with Crippen LogP contribution in [-0.2, 0) is 11.4 Å². The summed E-state index contributed by atoms with van der Waals surface area (Å²) in [4.78, 5) is 16.4. The Hall–Kier alpha value is -2.22. The van der Waals surface area contributed by atoms with Crippen LogP contribution < -0.4 is 10.1 Å². The highest BCUT2D eigenvalue weighted by molar-refractivity contribution is 7.99. The number of aromatic amines is 1. The molecule has 0 saturated heterocycles. The molecule has 1 amide bonds. The summed E-state index contributed by atoms with van der Waals surface area (Å²) in [5, 5.41) is 11.0. The van der Waals surface area contributed by atoms with Crippen molar-refractivity contribution < 1.29 is 9.53 Å². The largest absolute Gasteiger partial charge is 0.486 e. The highest BCUT2D eigenvalue weighted by atomic mass is 35.5. The molecule has 0 unspecified atom stereocenters. The van der Waals surface area contributed by atoms with Crippen LogP contribution >= 0.6 is 35.0 Å². The van der Waals surface area contributed by atoms with Gasteiger partial charge in [0.05, 0.1) is 16.5 Å². The topological polar surface area (TPSA) is 79.9 Å². The number of hydrogen-bond donors (Lipinski definition) is 2. The number of aryl methyl sites for hydroxylation is 1. The zero-order valence-electron chi connectivity index (χ0n) is 14.3. The molecule has 0 bridgehead atoms. The number of nitrogens with zero attached hydrogens (tertiary/aromatic N) is 2. The summed E-state index contributed by atoms with van der Waals surface area (Å²) in [6.45, 7) is 2.28. The second-order valence-electron chi connectivity index (χ2n) is 5.63. The molecule has 140 valence electrons. The van der Waals surface area contributed by atoms with E-state index in [9.17, 15) is 4.79 Å². The normalized spacial score (nSPS) is 10.6. The molecule has 3 aromatic rings. The van der Waals surface area contributed by atoms with Crippen molar-refractivity contribution in [3.05, 3.63) is 63.9 Å². The smallest absolute Gasteiger partial charge is 0.234 e. The van der Waals surface area contributed by atoms with Crippen LogP contribution in [-0.4, -0.2) is 26.8 Å². The Morgan fingerprint density at radius 3 is 2.78 bits per heavy atom. The SMILES string of the molecule is Cc1ccc(OCc2nc(SCC(=O)Nc3cc(Cl)ccc3Cl)n[nH]2)cc1. The number of carbonyl (C=O) groups excluding carboxylic acids is 1. The lowest BCUT2D eigenvalue weighted by molar-refractivity contribution is -0.113. The van der Waals surface area contributed by atoms with E-state index in [0.717, 1.165) is 11.3 Å². The summed E-state index contributed by atoms with van der Waals surface area (Å²) in [6.07, 6.45) is 0. The lowest BCUT2D eigenvalue weighted by Crippen LogP contribution is -2.14. The summed E-state index contributed by atoms with van der Waals surface area (Å²) >= 11 is 13.1. The van der Waals surface area contributed by atoms with E-state index in [1.54, 1.807) is 18.2 Å². The summed E-state index contributed by atoms with van der Waals surface area (Å²) in [5.41, 5.74) is 1.63. The molecule has 0 aliphatic carbocycles. The number of aromatic nitrogens is 3. The first-order chi connectivity index (χ1) is 13.0. The molecule has 0 saturated carbocycles. The van der Waals surface area contributed by atoms with Gasteiger partial charge in [-0.1, -0.05) is 52.7 Å². The average molecular weight is 423 g/mol. The molecular weight excluding hydrogens is 407 g/mol. The Bertz CT molecular complexity index is 931. The first kappa shape index (κ1) is 19.5. The van der Waals surface area contributed by atoms with Gasteiger partial charge in [-0.15, -0.1) is 5.10 Å². The minimum Gasteiger partial charge on any atom is -0.486 e. The molecular formula is C18H16Cl2N4O2S. The van der Waals surface area contributed by atoms with Gasteiger partial charge >= 0.3 is 0 Å². The second-order valence-corrected chi connectivity index (χ2v) is 7.41. The lowest BCUT2D eigenvalue weighted by Gasteiger charge is -2.06. The molecule has 0 spiro atoms. The van der Waals surface area contributed by atoms with Crippen LogP contribution in [0, 0.1) is 6.92 Å². The van der Waals surface area contributed by atoms with Crippen LogP contribution in [0.15, 0.2) is 47.6 Å². The molecule has 2 N–H and O–H groups in total. The lowest BCUT2D eigenvalue weighted by atomic mass is 10.2. The number of amides is 1. The number of nitrogens with one attached hydrogen (secondary N) is 2. The van der Waals surface area contributed by atoms with Crippen LogP contribution in [0.1, 0.15) is 11.4 Å². The molecule has 1 aromatic heterocycles. The first-order valence-electron chi connectivity index (χ1n) is 7.98. The zero-order chi connectivity index (χ0) is 19.2. The minimum absolute atomic E-state index is 0.138. The molecule has 0 radical (unpaired) electrons. The quantitative estimate of drug-likeness (QED) is 0.537. The van der Waals surface area contributed by atoms with Crippen LogP contribution in [0.4, 0.5) is 5.69 Å². The number of anilines is 1. The summed E-state index contributed by atoms with van der Waals surface area (Å²) in [5.74, 6) is 1.24. The fourth-order valence-corrected chi connectivity index (χ4v) is 3.06. The van der Waals surface area contributed by atoms with Gasteiger partial charge in [-0.3, -0.25) is 9.89 Å². The van der Waals surface area contributed by atoms with Gasteiger partial charge in [0, 0.05) is 5.02 Å². The van der Waals surface area contributed by atoms with E-state index in [4.69, 9.17) is 27.9 Å². The second kappa shape index (κ2) is 9.12. The van der Waals surface area contributed by atoms with Gasteiger partial charge in [-0.05, 0) is 37.3 Å². The van der Waals surface area contributed by atoms with Gasteiger partial charge in [-0.2, -0.15) is 0 Å². The minimum atomic E-state index is -0.230. The maximum Gasteiger partial charge on any atom is 0.234 e. The van der Waals surface area contributed by atoms with E-state index >= 15 is 0 Å². The van der Waals surface area contributed by atoms with Crippen molar-refractivity contribution in [3.8, 4) is 5.75 Å². The Kier molecular flexibility index (Phi) is 6.60. The molecule has 0 aliphatic heterocycles. The fourth-order valence-electron chi connectivity index (χ4n) is 2.10. The van der Waals surface area contributed by atoms with Crippen molar-refractivity contribution in [3.63, 3.8) is 0 Å². The number of benzene rings is 2. The molecule has 3 rings (SSSR count). The molecule has 0 atom stereocenters. The van der Waals surface area contributed by atoms with Crippen LogP contribution in [0.3, 0.4) is 0 Å². The summed E-state index contributed by atoms with van der Waals surface area (Å²) in [6, 6.07) is 12.6. The predicted octanol–water partition coefficient (Wildman–Crippen LogP) is 4.73. The van der Waals surface area contributed by atoms with Gasteiger partial charge in [-0.25, -0.2) is 4.98 Å². The van der Waals surface area contributed by atoms with E-state index in [1.807, 2.05) is 31.2 Å². The summed E-state index contributed by atoms with van der Waals surface area (Å²) in [7, 11) is 0. The first-order valence-corrected chi connectivity index (χ1v) is 9.72. The zero-order valence-corrected chi connectivity index (χ0v) is 16.7. The standard InChI is InChI=1S/C18H16Cl2N4O2S/c1-11-2-5-13(6-3-11)26-9-16-22-18(24-23-16)27-10-17(25)21-15-8-12(19)4-7-14(15)20/h2-8H,9-10H2,1H3,(H,21,25)(H,22,23,24). The molecule has 9 heteroatoms. The molecule has 6 nitrogen and oxygen atoms in total. The number of rotatable bonds is 7. The number of carbonyl (C=O) groups is 1. The number of halogens is 2. The molecule has 0 fully saturated rings. The predicted molar refractivity (Wildman–Crippen MR) is 108 cm³/mol. The van der Waals surface area contributed by atoms with Gasteiger partial charge in [0.15, 0.2) is 5.82 Å². The van der Waals surface area contributed by atoms with E-state index in [-0.39, 0.29) is 18.3 Å². The van der Waals surface area contributed by atoms with Crippen LogP contribution in [0.2, 0.25) is 10.0 Å². The Labute approximate surface area is 170 Å². The van der Waals surface area contributed by atoms with Crippen LogP contribution in [0.5, 0.6) is 5.75 Å². The maximum atomic E-state index is 12.1. The van der Waals surface area contributed by atoms with Crippen molar-refractivity contribution in [1.82, 2.24) is 15.2 Å². The van der Waals surface area contributed by atoms with Crippen molar-refractivity contribution in [2.24, 2.45) is 0 Å². The number of thioether (sulfide) groups is 1. The van der Waals surface area contributed by atoms with Crippen molar-refractivity contribution in [1.29, 1.82) is 0 Å². The third kappa shape index (κ3) is 5.89. The van der Waals surface area contributed by atoms with Gasteiger partial charge in [0.25, 0.3) is 0 Å². The van der Waals surface area contributed by atoms with Crippen LogP contribution in [0.25, 0.3) is 0 Å². The number of hydrogen-bond acceptors (Lipinski definition) is 5. The Morgan fingerprint density at radius 1 is 1.22 bits per heavy atom. The van der Waals surface area contributed by atoms with Crippen molar-refractivity contribution >= 4 is 46.6 Å². The highest BCUT2D eigenvalue weighted by Gasteiger charge is 2.10.